The smallest absolute Gasteiger partial charge is 0.284 e. The van der Waals surface area contributed by atoms with Gasteiger partial charge in [-0.05, 0) is 24.3 Å². The van der Waals surface area contributed by atoms with E-state index in [4.69, 9.17) is 4.74 Å². The summed E-state index contributed by atoms with van der Waals surface area (Å²) >= 11 is 0.949. The summed E-state index contributed by atoms with van der Waals surface area (Å²) in [6.07, 6.45) is 1.33. The fourth-order valence-corrected chi connectivity index (χ4v) is 5.22. The molecule has 0 spiro atoms. The molecular weight excluding hydrogens is 438 g/mol. The monoisotopic (exact) mass is 459 g/mol. The van der Waals surface area contributed by atoms with Crippen LogP contribution < -0.4 is 10.1 Å². The summed E-state index contributed by atoms with van der Waals surface area (Å²) in [6.45, 7) is 3.69. The summed E-state index contributed by atoms with van der Waals surface area (Å²) in [5.41, 5.74) is 0.531. The minimum absolute atomic E-state index is 0.0212. The normalized spacial score (nSPS) is 17.6. The van der Waals surface area contributed by atoms with Gasteiger partial charge in [-0.25, -0.2) is 0 Å². The molecule has 0 radical (unpaired) electrons. The molecule has 3 rings (SSSR count). The fraction of sp³-hybridized carbons (Fsp3) is 0.190. The number of carbonyl (C=O) groups is 2. The number of nitrogens with one attached hydrogen (secondary N) is 1. The largest absolute Gasteiger partial charge is 0.497 e. The Kier molecular flexibility index (Phi) is 7.13. The first-order chi connectivity index (χ1) is 14.8. The fourth-order valence-electron chi connectivity index (χ4n) is 2.84. The van der Waals surface area contributed by atoms with Crippen molar-refractivity contribution in [2.24, 2.45) is 4.40 Å². The molecule has 162 valence electrons. The lowest BCUT2D eigenvalue weighted by molar-refractivity contribution is -0.127. The minimum atomic E-state index is -4.00. The van der Waals surface area contributed by atoms with Crippen LogP contribution in [0.5, 0.6) is 5.75 Å². The van der Waals surface area contributed by atoms with Gasteiger partial charge in [-0.15, -0.1) is 11.0 Å². The number of carbonyl (C=O) groups excluding carboxylic acids is 2. The highest BCUT2D eigenvalue weighted by Crippen LogP contribution is 2.31. The molecule has 10 heteroatoms. The summed E-state index contributed by atoms with van der Waals surface area (Å²) in [6, 6.07) is 14.6. The van der Waals surface area contributed by atoms with Gasteiger partial charge in [0.15, 0.2) is 5.17 Å². The van der Waals surface area contributed by atoms with E-state index in [0.717, 1.165) is 11.8 Å². The van der Waals surface area contributed by atoms with Crippen molar-refractivity contribution in [3.8, 4) is 5.75 Å². The van der Waals surface area contributed by atoms with Gasteiger partial charge < -0.3 is 10.1 Å². The van der Waals surface area contributed by atoms with Gasteiger partial charge in [-0.2, -0.15) is 8.42 Å². The zero-order valence-electron chi connectivity index (χ0n) is 16.7. The highest BCUT2D eigenvalue weighted by Gasteiger charge is 2.39. The summed E-state index contributed by atoms with van der Waals surface area (Å²) in [5.74, 6) is -0.195. The molecule has 1 heterocycles. The highest BCUT2D eigenvalue weighted by molar-refractivity contribution is 8.16. The zero-order valence-corrected chi connectivity index (χ0v) is 18.4. The number of nitrogens with zero attached hydrogens (tertiary/aromatic N) is 2. The lowest BCUT2D eigenvalue weighted by Gasteiger charge is -2.13. The number of hydrogen-bond acceptors (Lipinski definition) is 6. The quantitative estimate of drug-likeness (QED) is 0.609. The van der Waals surface area contributed by atoms with E-state index in [2.05, 4.69) is 16.3 Å². The van der Waals surface area contributed by atoms with E-state index < -0.39 is 21.2 Å². The highest BCUT2D eigenvalue weighted by atomic mass is 32.2. The molecule has 1 aliphatic heterocycles. The van der Waals surface area contributed by atoms with Crippen LogP contribution in [-0.2, 0) is 19.6 Å². The van der Waals surface area contributed by atoms with E-state index in [9.17, 15) is 18.0 Å². The lowest BCUT2D eigenvalue weighted by atomic mass is 10.2. The maximum atomic E-state index is 12.8. The first-order valence-corrected chi connectivity index (χ1v) is 11.6. The number of sulfonamides is 1. The Bertz CT molecular complexity index is 1120. The summed E-state index contributed by atoms with van der Waals surface area (Å²) in [4.78, 5) is 26.5. The molecule has 2 aromatic carbocycles. The Hall–Kier alpha value is -3.11. The van der Waals surface area contributed by atoms with Gasteiger partial charge in [-0.1, -0.05) is 42.1 Å². The number of thioether (sulfide) groups is 1. The Morgan fingerprint density at radius 2 is 2.00 bits per heavy atom. The number of methoxy groups -OCH3 is 1. The average molecular weight is 460 g/mol. The predicted octanol–water partition coefficient (Wildman–Crippen LogP) is 2.90. The topological polar surface area (TPSA) is 105 Å². The van der Waals surface area contributed by atoms with Crippen molar-refractivity contribution in [3.63, 3.8) is 0 Å². The van der Waals surface area contributed by atoms with Gasteiger partial charge in [-0.3, -0.25) is 14.5 Å². The zero-order chi connectivity index (χ0) is 22.4. The molecule has 1 N–H and O–H groups in total. The molecule has 0 aromatic heterocycles. The lowest BCUT2D eigenvalue weighted by Crippen LogP contribution is -2.33. The number of benzene rings is 2. The average Bonchev–Trinajstić information content (AvgIpc) is 3.03. The molecule has 8 nitrogen and oxygen atoms in total. The molecule has 0 saturated carbocycles. The van der Waals surface area contributed by atoms with Crippen molar-refractivity contribution in [1.82, 2.24) is 4.90 Å². The molecule has 2 amide bonds. The van der Waals surface area contributed by atoms with Crippen molar-refractivity contribution in [3.05, 3.63) is 67.3 Å². The molecule has 31 heavy (non-hydrogen) atoms. The summed E-state index contributed by atoms with van der Waals surface area (Å²) < 4.78 is 34.2. The molecule has 0 aliphatic carbocycles. The third-order valence-corrected chi connectivity index (χ3v) is 6.87. The standard InChI is InChI=1S/C21H21N3O5S2/c1-3-12-24-20(26)18(14-19(25)22-15-8-7-9-16(13-15)29-2)30-21(24)23-31(27,28)17-10-5-4-6-11-17/h3-11,13,18H,1,12,14H2,2H3,(H,22,25)/t18-/m1/s1. The number of ether oxygens (including phenoxy) is 1. The molecule has 1 aliphatic rings. The van der Waals surface area contributed by atoms with Crippen LogP contribution in [-0.4, -0.2) is 49.2 Å². The SMILES string of the molecule is C=CCN1C(=O)[C@@H](CC(=O)Nc2cccc(OC)c2)SC1=NS(=O)(=O)c1ccccc1. The van der Waals surface area contributed by atoms with Crippen LogP contribution in [0.15, 0.2) is 76.5 Å². The second kappa shape index (κ2) is 9.80. The second-order valence-corrected chi connectivity index (χ2v) is 9.26. The van der Waals surface area contributed by atoms with Crippen molar-refractivity contribution in [1.29, 1.82) is 0 Å². The van der Waals surface area contributed by atoms with E-state index in [-0.39, 0.29) is 28.9 Å². The molecule has 1 fully saturated rings. The third-order valence-electron chi connectivity index (χ3n) is 4.30. The van der Waals surface area contributed by atoms with E-state index in [1.165, 1.54) is 30.2 Å². The van der Waals surface area contributed by atoms with Crippen LogP contribution in [0.4, 0.5) is 5.69 Å². The minimum Gasteiger partial charge on any atom is -0.497 e. The van der Waals surface area contributed by atoms with Crippen molar-refractivity contribution in [2.45, 2.75) is 16.6 Å². The van der Waals surface area contributed by atoms with Crippen LogP contribution in [0.25, 0.3) is 0 Å². The van der Waals surface area contributed by atoms with Crippen LogP contribution >= 0.6 is 11.8 Å². The van der Waals surface area contributed by atoms with E-state index in [1.54, 1.807) is 42.5 Å². The third kappa shape index (κ3) is 5.53. The van der Waals surface area contributed by atoms with Gasteiger partial charge in [0.05, 0.1) is 12.0 Å². The van der Waals surface area contributed by atoms with Crippen LogP contribution in [0.1, 0.15) is 6.42 Å². The molecule has 0 unspecified atom stereocenters. The van der Waals surface area contributed by atoms with E-state index in [1.807, 2.05) is 0 Å². The number of anilines is 1. The number of amidine groups is 1. The van der Waals surface area contributed by atoms with Crippen molar-refractivity contribution < 1.29 is 22.7 Å². The Morgan fingerprint density at radius 3 is 2.68 bits per heavy atom. The molecule has 2 aromatic rings. The van der Waals surface area contributed by atoms with Crippen LogP contribution in [0.2, 0.25) is 0 Å². The number of amides is 2. The molecule has 0 bridgehead atoms. The molecule has 1 saturated heterocycles. The van der Waals surface area contributed by atoms with E-state index >= 15 is 0 Å². The van der Waals surface area contributed by atoms with E-state index in [0.29, 0.717) is 11.4 Å². The Labute approximate surface area is 185 Å². The van der Waals surface area contributed by atoms with Crippen LogP contribution in [0.3, 0.4) is 0 Å². The van der Waals surface area contributed by atoms with Crippen LogP contribution in [0, 0.1) is 0 Å². The van der Waals surface area contributed by atoms with Gasteiger partial charge >= 0.3 is 0 Å². The van der Waals surface area contributed by atoms with Gasteiger partial charge in [0, 0.05) is 24.7 Å². The number of rotatable bonds is 8. The Morgan fingerprint density at radius 1 is 1.26 bits per heavy atom. The first kappa shape index (κ1) is 22.6. The predicted molar refractivity (Wildman–Crippen MR) is 121 cm³/mol. The van der Waals surface area contributed by atoms with Gasteiger partial charge in [0.2, 0.25) is 11.8 Å². The maximum Gasteiger partial charge on any atom is 0.284 e. The second-order valence-electron chi connectivity index (χ2n) is 6.49. The van der Waals surface area contributed by atoms with Gasteiger partial charge in [0.25, 0.3) is 10.0 Å². The molecular formula is C21H21N3O5S2. The Balaban J connectivity index is 1.77. The summed E-state index contributed by atoms with van der Waals surface area (Å²) in [5, 5.41) is 1.94. The van der Waals surface area contributed by atoms with Gasteiger partial charge in [0.1, 0.15) is 11.0 Å². The number of hydrogen-bond donors (Lipinski definition) is 1. The maximum absolute atomic E-state index is 12.8. The van der Waals surface area contributed by atoms with Crippen molar-refractivity contribution in [2.75, 3.05) is 19.0 Å². The van der Waals surface area contributed by atoms with Crippen molar-refractivity contribution >= 4 is 44.5 Å². The molecule has 1 atom stereocenters. The first-order valence-electron chi connectivity index (χ1n) is 9.27. The summed E-state index contributed by atoms with van der Waals surface area (Å²) in [7, 11) is -2.48.